The SMILES string of the molecule is CCOC(=O)/C(C(=S)S)=C(\O)c1ccc(Br)cc1Cl. The fourth-order valence-corrected chi connectivity index (χ4v) is 2.44. The van der Waals surface area contributed by atoms with Gasteiger partial charge in [0, 0.05) is 10.0 Å². The molecular formula is C12H10BrClO3S2. The van der Waals surface area contributed by atoms with E-state index in [0.717, 1.165) is 4.47 Å². The van der Waals surface area contributed by atoms with Crippen LogP contribution in [0.15, 0.2) is 28.2 Å². The Morgan fingerprint density at radius 1 is 1.58 bits per heavy atom. The van der Waals surface area contributed by atoms with Gasteiger partial charge in [0.25, 0.3) is 0 Å². The van der Waals surface area contributed by atoms with E-state index in [1.54, 1.807) is 25.1 Å². The van der Waals surface area contributed by atoms with E-state index in [4.69, 9.17) is 28.6 Å². The largest absolute Gasteiger partial charge is 0.506 e. The maximum atomic E-state index is 11.7. The van der Waals surface area contributed by atoms with E-state index < -0.39 is 5.97 Å². The second kappa shape index (κ2) is 7.28. The number of benzene rings is 1. The number of carbonyl (C=O) groups excluding carboxylic acids is 1. The van der Waals surface area contributed by atoms with Crippen molar-refractivity contribution in [1.82, 2.24) is 0 Å². The maximum Gasteiger partial charge on any atom is 0.343 e. The minimum Gasteiger partial charge on any atom is -0.506 e. The minimum absolute atomic E-state index is 0.0602. The highest BCUT2D eigenvalue weighted by atomic mass is 79.9. The molecule has 0 aliphatic carbocycles. The van der Waals surface area contributed by atoms with Gasteiger partial charge in [-0.2, -0.15) is 0 Å². The molecule has 102 valence electrons. The average molecular weight is 382 g/mol. The Kier molecular flexibility index (Phi) is 6.32. The fraction of sp³-hybridized carbons (Fsp3) is 0.167. The van der Waals surface area contributed by atoms with Gasteiger partial charge in [-0.15, -0.1) is 12.6 Å². The molecule has 0 aliphatic heterocycles. The van der Waals surface area contributed by atoms with Crippen LogP contribution in [-0.4, -0.2) is 21.9 Å². The molecule has 0 fully saturated rings. The summed E-state index contributed by atoms with van der Waals surface area (Å²) >= 11 is 18.0. The third-order valence-electron chi connectivity index (χ3n) is 2.12. The number of rotatable bonds is 4. The summed E-state index contributed by atoms with van der Waals surface area (Å²) < 4.78 is 5.52. The molecule has 3 nitrogen and oxygen atoms in total. The van der Waals surface area contributed by atoms with Crippen molar-refractivity contribution in [1.29, 1.82) is 0 Å². The lowest BCUT2D eigenvalue weighted by molar-refractivity contribution is -0.137. The van der Waals surface area contributed by atoms with Gasteiger partial charge in [-0.1, -0.05) is 39.7 Å². The summed E-state index contributed by atoms with van der Waals surface area (Å²) in [6.07, 6.45) is 0. The van der Waals surface area contributed by atoms with Gasteiger partial charge < -0.3 is 9.84 Å². The summed E-state index contributed by atoms with van der Waals surface area (Å²) in [7, 11) is 0. The second-order valence-corrected chi connectivity index (χ2v) is 5.85. The number of aliphatic hydroxyl groups is 1. The molecule has 0 aromatic heterocycles. The van der Waals surface area contributed by atoms with E-state index in [1.165, 1.54) is 0 Å². The highest BCUT2D eigenvalue weighted by Gasteiger charge is 2.21. The van der Waals surface area contributed by atoms with Crippen molar-refractivity contribution < 1.29 is 14.6 Å². The summed E-state index contributed by atoms with van der Waals surface area (Å²) in [5.74, 6) is -1.09. The predicted octanol–water partition coefficient (Wildman–Crippen LogP) is 4.19. The molecule has 7 heteroatoms. The molecule has 0 radical (unpaired) electrons. The predicted molar refractivity (Wildman–Crippen MR) is 86.9 cm³/mol. The number of hydrogen-bond acceptors (Lipinski definition) is 4. The van der Waals surface area contributed by atoms with Crippen LogP contribution in [0.4, 0.5) is 0 Å². The van der Waals surface area contributed by atoms with Crippen LogP contribution in [0.2, 0.25) is 5.02 Å². The van der Waals surface area contributed by atoms with Crippen LogP contribution in [0.25, 0.3) is 5.76 Å². The Morgan fingerprint density at radius 3 is 2.68 bits per heavy atom. The zero-order chi connectivity index (χ0) is 14.6. The van der Waals surface area contributed by atoms with Gasteiger partial charge in [0.1, 0.15) is 11.3 Å². The summed E-state index contributed by atoms with van der Waals surface area (Å²) in [6.45, 7) is 1.82. The van der Waals surface area contributed by atoms with Crippen LogP contribution in [0.1, 0.15) is 12.5 Å². The van der Waals surface area contributed by atoms with Crippen molar-refractivity contribution in [3.63, 3.8) is 0 Å². The molecule has 0 saturated carbocycles. The van der Waals surface area contributed by atoms with Gasteiger partial charge in [0.05, 0.1) is 15.8 Å². The monoisotopic (exact) mass is 380 g/mol. The molecule has 0 saturated heterocycles. The van der Waals surface area contributed by atoms with Crippen molar-refractivity contribution >= 4 is 68.3 Å². The van der Waals surface area contributed by atoms with Crippen molar-refractivity contribution in [3.8, 4) is 0 Å². The number of thiocarbonyl (C=S) groups is 1. The third-order valence-corrected chi connectivity index (χ3v) is 3.35. The average Bonchev–Trinajstić information content (AvgIpc) is 2.28. The van der Waals surface area contributed by atoms with Gasteiger partial charge in [0.15, 0.2) is 0 Å². The van der Waals surface area contributed by atoms with Gasteiger partial charge in [-0.3, -0.25) is 0 Å². The van der Waals surface area contributed by atoms with Crippen molar-refractivity contribution in [2.75, 3.05) is 6.61 Å². The number of carbonyl (C=O) groups is 1. The maximum absolute atomic E-state index is 11.7. The normalized spacial score (nSPS) is 11.8. The topological polar surface area (TPSA) is 46.5 Å². The summed E-state index contributed by atoms with van der Waals surface area (Å²) in [5, 5.41) is 10.4. The molecule has 0 heterocycles. The third kappa shape index (κ3) is 4.21. The van der Waals surface area contributed by atoms with Gasteiger partial charge in [0.2, 0.25) is 0 Å². The molecule has 0 spiro atoms. The molecule has 19 heavy (non-hydrogen) atoms. The summed E-state index contributed by atoms with van der Waals surface area (Å²) in [4.78, 5) is 11.7. The lowest BCUT2D eigenvalue weighted by atomic mass is 10.1. The van der Waals surface area contributed by atoms with Crippen LogP contribution in [-0.2, 0) is 9.53 Å². The highest BCUT2D eigenvalue weighted by Crippen LogP contribution is 2.29. The van der Waals surface area contributed by atoms with Crippen LogP contribution < -0.4 is 0 Å². The first-order valence-corrected chi connectivity index (χ1v) is 7.20. The molecule has 0 unspecified atom stereocenters. The van der Waals surface area contributed by atoms with Crippen LogP contribution in [0.5, 0.6) is 0 Å². The lowest BCUT2D eigenvalue weighted by Crippen LogP contribution is -2.14. The standard InChI is InChI=1S/C12H10BrClO3S2/c1-2-17-11(16)9(12(18)19)10(15)7-4-3-6(13)5-8(7)14/h3-5,15H,2H2,1H3,(H,18,19)/b10-9+. The van der Waals surface area contributed by atoms with Crippen LogP contribution >= 0.6 is 52.4 Å². The summed E-state index contributed by atoms with van der Waals surface area (Å²) in [6, 6.07) is 4.84. The van der Waals surface area contributed by atoms with Gasteiger partial charge in [-0.05, 0) is 25.1 Å². The first-order valence-electron chi connectivity index (χ1n) is 5.17. The van der Waals surface area contributed by atoms with E-state index in [1.807, 2.05) is 0 Å². The first kappa shape index (κ1) is 16.5. The highest BCUT2D eigenvalue weighted by molar-refractivity contribution is 9.10. The Labute approximate surface area is 135 Å². The minimum atomic E-state index is -0.737. The van der Waals surface area contributed by atoms with Crippen molar-refractivity contribution in [3.05, 3.63) is 38.8 Å². The second-order valence-electron chi connectivity index (χ2n) is 3.37. The smallest absolute Gasteiger partial charge is 0.343 e. The van der Waals surface area contributed by atoms with Crippen LogP contribution in [0.3, 0.4) is 0 Å². The number of thiol groups is 1. The van der Waals surface area contributed by atoms with Crippen LogP contribution in [0, 0.1) is 0 Å². The quantitative estimate of drug-likeness (QED) is 0.270. The first-order chi connectivity index (χ1) is 8.88. The number of ether oxygens (including phenoxy) is 1. The van der Waals surface area contributed by atoms with E-state index in [0.29, 0.717) is 0 Å². The number of halogens is 2. The molecule has 1 aromatic rings. The summed E-state index contributed by atoms with van der Waals surface area (Å²) in [5.41, 5.74) is 0.105. The van der Waals surface area contributed by atoms with E-state index >= 15 is 0 Å². The van der Waals surface area contributed by atoms with E-state index in [9.17, 15) is 9.90 Å². The fourth-order valence-electron chi connectivity index (χ4n) is 1.30. The molecule has 0 amide bonds. The number of aliphatic hydroxyl groups excluding tert-OH is 1. The molecular weight excluding hydrogens is 372 g/mol. The zero-order valence-electron chi connectivity index (χ0n) is 9.81. The Hall–Kier alpha value is -0.560. The zero-order valence-corrected chi connectivity index (χ0v) is 13.9. The molecule has 0 atom stereocenters. The molecule has 0 aliphatic rings. The Bertz CT molecular complexity index is 558. The molecule has 0 bridgehead atoms. The van der Waals surface area contributed by atoms with Crippen molar-refractivity contribution in [2.45, 2.75) is 6.92 Å². The van der Waals surface area contributed by atoms with Crippen molar-refractivity contribution in [2.24, 2.45) is 0 Å². The number of esters is 1. The molecule has 1 rings (SSSR count). The molecule has 1 N–H and O–H groups in total. The van der Waals surface area contributed by atoms with E-state index in [2.05, 4.69) is 28.6 Å². The number of hydrogen-bond donors (Lipinski definition) is 2. The Balaban J connectivity index is 3.37. The lowest BCUT2D eigenvalue weighted by Gasteiger charge is -2.10. The van der Waals surface area contributed by atoms with Gasteiger partial charge in [-0.25, -0.2) is 4.79 Å². The van der Waals surface area contributed by atoms with Gasteiger partial charge >= 0.3 is 5.97 Å². The molecule has 1 aromatic carbocycles. The van der Waals surface area contributed by atoms with E-state index in [-0.39, 0.29) is 32.7 Å². The Morgan fingerprint density at radius 2 is 2.21 bits per heavy atom.